The van der Waals surface area contributed by atoms with E-state index in [1.807, 2.05) is 72.4 Å². The molecule has 27 heavy (non-hydrogen) atoms. The summed E-state index contributed by atoms with van der Waals surface area (Å²) in [7, 11) is 1.93. The lowest BCUT2D eigenvalue weighted by molar-refractivity contribution is 0.102. The molecule has 0 aliphatic carbocycles. The maximum Gasteiger partial charge on any atom is 0.277 e. The van der Waals surface area contributed by atoms with Crippen molar-refractivity contribution in [3.05, 3.63) is 72.2 Å². The lowest BCUT2D eigenvalue weighted by atomic mass is 10.1. The van der Waals surface area contributed by atoms with Crippen molar-refractivity contribution in [3.8, 4) is 5.75 Å². The Morgan fingerprint density at radius 3 is 2.74 bits per heavy atom. The highest BCUT2D eigenvalue weighted by Crippen LogP contribution is 2.24. The predicted molar refractivity (Wildman–Crippen MR) is 103 cm³/mol. The molecule has 4 rings (SSSR count). The Bertz CT molecular complexity index is 1070. The Morgan fingerprint density at radius 2 is 1.89 bits per heavy atom. The number of para-hydroxylation sites is 2. The Labute approximate surface area is 160 Å². The highest BCUT2D eigenvalue weighted by molar-refractivity contribution is 7.99. The lowest BCUT2D eigenvalue weighted by Gasteiger charge is -2.01. The highest BCUT2D eigenvalue weighted by Gasteiger charge is 2.16. The molecule has 0 amide bonds. The third-order valence-electron chi connectivity index (χ3n) is 4.08. The van der Waals surface area contributed by atoms with Crippen LogP contribution in [0.4, 0.5) is 0 Å². The van der Waals surface area contributed by atoms with Crippen LogP contribution in [0.25, 0.3) is 10.9 Å². The third kappa shape index (κ3) is 3.88. The smallest absolute Gasteiger partial charge is 0.277 e. The van der Waals surface area contributed by atoms with Crippen molar-refractivity contribution in [1.29, 1.82) is 0 Å². The number of hydrogen-bond acceptors (Lipinski definition) is 6. The van der Waals surface area contributed by atoms with Crippen molar-refractivity contribution in [1.82, 2.24) is 14.8 Å². The summed E-state index contributed by atoms with van der Waals surface area (Å²) in [5.41, 5.74) is 1.73. The second kappa shape index (κ2) is 7.67. The molecule has 0 bridgehead atoms. The maximum absolute atomic E-state index is 12.6. The van der Waals surface area contributed by atoms with E-state index in [1.54, 1.807) is 0 Å². The van der Waals surface area contributed by atoms with Crippen LogP contribution in [0.2, 0.25) is 0 Å². The van der Waals surface area contributed by atoms with Gasteiger partial charge in [0, 0.05) is 29.7 Å². The molecule has 0 radical (unpaired) electrons. The van der Waals surface area contributed by atoms with Crippen LogP contribution in [0.3, 0.4) is 0 Å². The minimum Gasteiger partial charge on any atom is -0.484 e. The largest absolute Gasteiger partial charge is 0.484 e. The second-order valence-electron chi connectivity index (χ2n) is 5.95. The van der Waals surface area contributed by atoms with Gasteiger partial charge in [-0.2, -0.15) is 0 Å². The van der Waals surface area contributed by atoms with Gasteiger partial charge in [0.25, 0.3) is 11.1 Å². The molecule has 0 saturated carbocycles. The molecular weight excluding hydrogens is 362 g/mol. The molecule has 0 fully saturated rings. The molecule has 4 aromatic rings. The Hall–Kier alpha value is -3.06. The minimum absolute atomic E-state index is 0.0251. The first-order chi connectivity index (χ1) is 13.2. The summed E-state index contributed by atoms with van der Waals surface area (Å²) in [5, 5.41) is 9.24. The Balaban J connectivity index is 1.37. The number of rotatable bonds is 7. The molecule has 0 unspecified atom stereocenters. The summed E-state index contributed by atoms with van der Waals surface area (Å²) >= 11 is 1.23. The van der Waals surface area contributed by atoms with E-state index in [4.69, 9.17) is 9.15 Å². The number of Topliss-reactive ketones (excluding diaryl/α,β-unsaturated/α-hetero) is 1. The Kier molecular flexibility index (Phi) is 4.93. The van der Waals surface area contributed by atoms with Crippen LogP contribution >= 0.6 is 11.8 Å². The number of aryl methyl sites for hydroxylation is 1. The fourth-order valence-corrected chi connectivity index (χ4v) is 3.45. The summed E-state index contributed by atoms with van der Waals surface area (Å²) in [4.78, 5) is 12.6. The van der Waals surface area contributed by atoms with Crippen molar-refractivity contribution >= 4 is 28.4 Å². The third-order valence-corrected chi connectivity index (χ3v) is 4.90. The van der Waals surface area contributed by atoms with Gasteiger partial charge in [0.2, 0.25) is 0 Å². The SMILES string of the molecule is Cn1cc(C(=O)CSc2nnc(COc3ccccc3)o2)c2ccccc21. The van der Waals surface area contributed by atoms with Gasteiger partial charge in [0.15, 0.2) is 12.4 Å². The molecule has 0 aliphatic rings. The van der Waals surface area contributed by atoms with E-state index in [-0.39, 0.29) is 18.1 Å². The van der Waals surface area contributed by atoms with Crippen molar-refractivity contribution in [2.24, 2.45) is 7.05 Å². The topological polar surface area (TPSA) is 70.2 Å². The van der Waals surface area contributed by atoms with Gasteiger partial charge >= 0.3 is 0 Å². The van der Waals surface area contributed by atoms with E-state index in [2.05, 4.69) is 10.2 Å². The van der Waals surface area contributed by atoms with E-state index in [0.717, 1.165) is 16.7 Å². The molecule has 2 aromatic carbocycles. The van der Waals surface area contributed by atoms with E-state index >= 15 is 0 Å². The number of carbonyl (C=O) groups is 1. The van der Waals surface area contributed by atoms with E-state index in [0.29, 0.717) is 16.7 Å². The van der Waals surface area contributed by atoms with Crippen LogP contribution in [-0.4, -0.2) is 26.3 Å². The molecule has 6 nitrogen and oxygen atoms in total. The van der Waals surface area contributed by atoms with Crippen LogP contribution < -0.4 is 4.74 Å². The first kappa shape index (κ1) is 17.4. The highest BCUT2D eigenvalue weighted by atomic mass is 32.2. The number of fused-ring (bicyclic) bond motifs is 1. The molecule has 136 valence electrons. The second-order valence-corrected chi connectivity index (χ2v) is 6.87. The number of ketones is 1. The van der Waals surface area contributed by atoms with Crippen molar-refractivity contribution in [2.75, 3.05) is 5.75 Å². The molecule has 0 aliphatic heterocycles. The molecule has 0 spiro atoms. The molecule has 0 N–H and O–H groups in total. The van der Waals surface area contributed by atoms with Crippen LogP contribution in [0.5, 0.6) is 5.75 Å². The van der Waals surface area contributed by atoms with Gasteiger partial charge in [0.05, 0.1) is 5.75 Å². The van der Waals surface area contributed by atoms with Crippen LogP contribution in [0, 0.1) is 0 Å². The number of thioether (sulfide) groups is 1. The predicted octanol–water partition coefficient (Wildman–Crippen LogP) is 4.12. The number of aromatic nitrogens is 3. The average Bonchev–Trinajstić information content (AvgIpc) is 3.30. The van der Waals surface area contributed by atoms with Gasteiger partial charge < -0.3 is 13.7 Å². The first-order valence-electron chi connectivity index (χ1n) is 8.41. The van der Waals surface area contributed by atoms with Gasteiger partial charge in [-0.25, -0.2) is 0 Å². The molecule has 2 heterocycles. The van der Waals surface area contributed by atoms with Gasteiger partial charge in [-0.1, -0.05) is 48.2 Å². The quantitative estimate of drug-likeness (QED) is 0.355. The van der Waals surface area contributed by atoms with Crippen LogP contribution in [0.15, 0.2) is 70.4 Å². The lowest BCUT2D eigenvalue weighted by Crippen LogP contribution is -2.01. The fraction of sp³-hybridized carbons (Fsp3) is 0.150. The zero-order valence-corrected chi connectivity index (χ0v) is 15.5. The first-order valence-corrected chi connectivity index (χ1v) is 9.39. The Morgan fingerprint density at radius 1 is 1.11 bits per heavy atom. The van der Waals surface area contributed by atoms with Crippen molar-refractivity contribution in [3.63, 3.8) is 0 Å². The van der Waals surface area contributed by atoms with E-state index in [1.165, 1.54) is 11.8 Å². The number of carbonyl (C=O) groups excluding carboxylic acids is 1. The summed E-state index contributed by atoms with van der Waals surface area (Å²) in [5.74, 6) is 1.36. The van der Waals surface area contributed by atoms with Gasteiger partial charge in [-0.05, 0) is 18.2 Å². The van der Waals surface area contributed by atoms with E-state index in [9.17, 15) is 4.79 Å². The van der Waals surface area contributed by atoms with Crippen molar-refractivity contribution < 1.29 is 13.9 Å². The summed E-state index contributed by atoms with van der Waals surface area (Å²) in [6, 6.07) is 17.3. The number of nitrogens with zero attached hydrogens (tertiary/aromatic N) is 3. The molecule has 0 atom stereocenters. The zero-order valence-electron chi connectivity index (χ0n) is 14.7. The summed E-state index contributed by atoms with van der Waals surface area (Å²) in [6.07, 6.45) is 1.86. The van der Waals surface area contributed by atoms with Gasteiger partial charge in [-0.3, -0.25) is 4.79 Å². The fourth-order valence-electron chi connectivity index (χ4n) is 2.79. The maximum atomic E-state index is 12.6. The van der Waals surface area contributed by atoms with Gasteiger partial charge in [-0.15, -0.1) is 10.2 Å². The monoisotopic (exact) mass is 379 g/mol. The van der Waals surface area contributed by atoms with Crippen LogP contribution in [0.1, 0.15) is 16.2 Å². The van der Waals surface area contributed by atoms with E-state index < -0.39 is 0 Å². The zero-order chi connectivity index (χ0) is 18.6. The molecular formula is C20H17N3O3S. The molecule has 0 saturated heterocycles. The van der Waals surface area contributed by atoms with Gasteiger partial charge in [0.1, 0.15) is 5.75 Å². The van der Waals surface area contributed by atoms with Crippen molar-refractivity contribution in [2.45, 2.75) is 11.8 Å². The summed E-state index contributed by atoms with van der Waals surface area (Å²) < 4.78 is 13.1. The summed E-state index contributed by atoms with van der Waals surface area (Å²) in [6.45, 7) is 0.189. The number of ether oxygens (including phenoxy) is 1. The minimum atomic E-state index is 0.0251. The number of hydrogen-bond donors (Lipinski definition) is 0. The molecule has 7 heteroatoms. The van der Waals surface area contributed by atoms with Crippen LogP contribution in [-0.2, 0) is 13.7 Å². The molecule has 2 aromatic heterocycles. The standard InChI is InChI=1S/C20H17N3O3S/c1-23-11-16(15-9-5-6-10-17(15)23)18(24)13-27-20-22-21-19(26-20)12-25-14-7-3-2-4-8-14/h2-11H,12-13H2,1H3. The average molecular weight is 379 g/mol. The number of benzene rings is 2. The normalized spacial score (nSPS) is 11.0.